The molecule has 0 aromatic carbocycles. The van der Waals surface area contributed by atoms with Crippen LogP contribution in [0.1, 0.15) is 54.8 Å². The van der Waals surface area contributed by atoms with Crippen LogP contribution in [0.15, 0.2) is 0 Å². The second kappa shape index (κ2) is 5.48. The Morgan fingerprint density at radius 3 is 2.67 bits per heavy atom. The van der Waals surface area contributed by atoms with Gasteiger partial charge in [0.25, 0.3) is 0 Å². The standard InChI is InChI=1S/C12H19N3O3/c1-8(2)11-10(12(16)17-3)13-14-15(11)9-4-6-18-7-5-9/h8-9H,4-7H2,1-3H3. The number of esters is 1. The zero-order valence-electron chi connectivity index (χ0n) is 11.0. The molecule has 0 saturated carbocycles. The molecular formula is C12H19N3O3. The van der Waals surface area contributed by atoms with Crippen molar-refractivity contribution >= 4 is 5.97 Å². The lowest BCUT2D eigenvalue weighted by atomic mass is 10.0. The van der Waals surface area contributed by atoms with Crippen LogP contribution in [0, 0.1) is 0 Å². The van der Waals surface area contributed by atoms with Crippen LogP contribution in [0.3, 0.4) is 0 Å². The molecule has 1 aliphatic rings. The number of aromatic nitrogens is 3. The van der Waals surface area contributed by atoms with E-state index in [0.29, 0.717) is 5.69 Å². The van der Waals surface area contributed by atoms with E-state index in [1.807, 2.05) is 18.5 Å². The Hall–Kier alpha value is -1.43. The highest BCUT2D eigenvalue weighted by Crippen LogP contribution is 2.27. The minimum absolute atomic E-state index is 0.178. The van der Waals surface area contributed by atoms with Crippen LogP contribution < -0.4 is 0 Å². The highest BCUT2D eigenvalue weighted by Gasteiger charge is 2.27. The monoisotopic (exact) mass is 253 g/mol. The number of nitrogens with zero attached hydrogens (tertiary/aromatic N) is 3. The molecule has 6 heteroatoms. The normalized spacial score (nSPS) is 17.1. The Morgan fingerprint density at radius 2 is 2.11 bits per heavy atom. The molecule has 0 atom stereocenters. The number of rotatable bonds is 3. The molecule has 2 rings (SSSR count). The van der Waals surface area contributed by atoms with Gasteiger partial charge in [-0.05, 0) is 18.8 Å². The average Bonchev–Trinajstić information content (AvgIpc) is 2.83. The van der Waals surface area contributed by atoms with E-state index in [1.54, 1.807) is 0 Å². The lowest BCUT2D eigenvalue weighted by Crippen LogP contribution is -2.23. The molecule has 0 amide bonds. The van der Waals surface area contributed by atoms with Crippen LogP contribution in [-0.4, -0.2) is 41.3 Å². The lowest BCUT2D eigenvalue weighted by Gasteiger charge is -2.24. The quantitative estimate of drug-likeness (QED) is 0.764. The van der Waals surface area contributed by atoms with Crippen molar-refractivity contribution in [1.29, 1.82) is 0 Å². The first-order valence-electron chi connectivity index (χ1n) is 6.26. The maximum absolute atomic E-state index is 11.7. The maximum atomic E-state index is 11.7. The molecule has 1 fully saturated rings. The van der Waals surface area contributed by atoms with E-state index < -0.39 is 5.97 Å². The second-order valence-corrected chi connectivity index (χ2v) is 4.76. The molecule has 1 saturated heterocycles. The number of hydrogen-bond donors (Lipinski definition) is 0. The fourth-order valence-corrected chi connectivity index (χ4v) is 2.28. The van der Waals surface area contributed by atoms with Gasteiger partial charge in [-0.15, -0.1) is 5.10 Å². The minimum Gasteiger partial charge on any atom is -0.464 e. The molecule has 0 unspecified atom stereocenters. The smallest absolute Gasteiger partial charge is 0.360 e. The average molecular weight is 253 g/mol. The third kappa shape index (κ3) is 2.38. The summed E-state index contributed by atoms with van der Waals surface area (Å²) in [5.74, 6) is -0.242. The first-order valence-corrected chi connectivity index (χ1v) is 6.26. The lowest BCUT2D eigenvalue weighted by molar-refractivity contribution is 0.0590. The Bertz CT molecular complexity index is 422. The maximum Gasteiger partial charge on any atom is 0.360 e. The van der Waals surface area contributed by atoms with Gasteiger partial charge in [-0.3, -0.25) is 0 Å². The van der Waals surface area contributed by atoms with Crippen LogP contribution in [0.5, 0.6) is 0 Å². The van der Waals surface area contributed by atoms with Crippen molar-refractivity contribution in [2.75, 3.05) is 20.3 Å². The van der Waals surface area contributed by atoms with Crippen LogP contribution in [0.4, 0.5) is 0 Å². The molecule has 0 radical (unpaired) electrons. The largest absolute Gasteiger partial charge is 0.464 e. The third-order valence-electron chi connectivity index (χ3n) is 3.19. The summed E-state index contributed by atoms with van der Waals surface area (Å²) in [4.78, 5) is 11.7. The molecule has 1 aliphatic heterocycles. The molecule has 2 heterocycles. The number of methoxy groups -OCH3 is 1. The summed E-state index contributed by atoms with van der Waals surface area (Å²) in [5.41, 5.74) is 1.19. The van der Waals surface area contributed by atoms with E-state index in [1.165, 1.54) is 7.11 Å². The first-order chi connectivity index (χ1) is 8.65. The predicted octanol–water partition coefficient (Wildman–Crippen LogP) is 1.54. The van der Waals surface area contributed by atoms with Gasteiger partial charge in [0.05, 0.1) is 18.8 Å². The van der Waals surface area contributed by atoms with Gasteiger partial charge in [0.1, 0.15) is 0 Å². The van der Waals surface area contributed by atoms with E-state index in [4.69, 9.17) is 9.47 Å². The van der Waals surface area contributed by atoms with Gasteiger partial charge < -0.3 is 9.47 Å². The Morgan fingerprint density at radius 1 is 1.44 bits per heavy atom. The van der Waals surface area contributed by atoms with Crippen LogP contribution in [0.25, 0.3) is 0 Å². The molecule has 1 aromatic rings. The van der Waals surface area contributed by atoms with Crippen molar-refractivity contribution in [2.24, 2.45) is 0 Å². The van der Waals surface area contributed by atoms with E-state index in [0.717, 1.165) is 31.7 Å². The summed E-state index contributed by atoms with van der Waals surface area (Å²) in [5, 5.41) is 8.12. The van der Waals surface area contributed by atoms with Crippen molar-refractivity contribution in [2.45, 2.75) is 38.6 Å². The number of ether oxygens (including phenoxy) is 2. The third-order valence-corrected chi connectivity index (χ3v) is 3.19. The summed E-state index contributed by atoms with van der Waals surface area (Å²) < 4.78 is 12.0. The number of carbonyl (C=O) groups excluding carboxylic acids is 1. The van der Waals surface area contributed by atoms with Gasteiger partial charge in [-0.1, -0.05) is 19.1 Å². The van der Waals surface area contributed by atoms with Crippen LogP contribution in [0.2, 0.25) is 0 Å². The van der Waals surface area contributed by atoms with Crippen molar-refractivity contribution in [3.8, 4) is 0 Å². The predicted molar refractivity (Wildman–Crippen MR) is 64.5 cm³/mol. The van der Waals surface area contributed by atoms with Crippen molar-refractivity contribution in [3.63, 3.8) is 0 Å². The van der Waals surface area contributed by atoms with E-state index >= 15 is 0 Å². The molecule has 0 aliphatic carbocycles. The van der Waals surface area contributed by atoms with Gasteiger partial charge in [0, 0.05) is 13.2 Å². The van der Waals surface area contributed by atoms with Gasteiger partial charge in [0.2, 0.25) is 0 Å². The zero-order chi connectivity index (χ0) is 13.1. The molecule has 0 N–H and O–H groups in total. The molecule has 100 valence electrons. The fourth-order valence-electron chi connectivity index (χ4n) is 2.28. The molecule has 6 nitrogen and oxygen atoms in total. The van der Waals surface area contributed by atoms with Gasteiger partial charge in [-0.25, -0.2) is 9.48 Å². The van der Waals surface area contributed by atoms with Crippen molar-refractivity contribution < 1.29 is 14.3 Å². The van der Waals surface area contributed by atoms with Gasteiger partial charge in [0.15, 0.2) is 5.69 Å². The highest BCUT2D eigenvalue weighted by atomic mass is 16.5. The zero-order valence-corrected chi connectivity index (χ0v) is 11.0. The van der Waals surface area contributed by atoms with Crippen LogP contribution >= 0.6 is 0 Å². The molecule has 1 aromatic heterocycles. The SMILES string of the molecule is COC(=O)c1nnn(C2CCOCC2)c1C(C)C. The summed E-state index contributed by atoms with van der Waals surface area (Å²) in [6.07, 6.45) is 1.81. The second-order valence-electron chi connectivity index (χ2n) is 4.76. The molecule has 0 spiro atoms. The molecule has 0 bridgehead atoms. The topological polar surface area (TPSA) is 66.2 Å². The molecular weight excluding hydrogens is 234 g/mol. The first kappa shape index (κ1) is 13.0. The van der Waals surface area contributed by atoms with E-state index in [9.17, 15) is 4.79 Å². The minimum atomic E-state index is -0.419. The Kier molecular flexibility index (Phi) is 3.96. The summed E-state index contributed by atoms with van der Waals surface area (Å²) in [6, 6.07) is 0.266. The highest BCUT2D eigenvalue weighted by molar-refractivity contribution is 5.88. The molecule has 18 heavy (non-hydrogen) atoms. The number of carbonyl (C=O) groups is 1. The van der Waals surface area contributed by atoms with Crippen molar-refractivity contribution in [1.82, 2.24) is 15.0 Å². The fraction of sp³-hybridized carbons (Fsp3) is 0.750. The Labute approximate surface area is 106 Å². The Balaban J connectivity index is 2.35. The van der Waals surface area contributed by atoms with E-state index in [-0.39, 0.29) is 12.0 Å². The summed E-state index contributed by atoms with van der Waals surface area (Å²) >= 11 is 0. The van der Waals surface area contributed by atoms with Gasteiger partial charge >= 0.3 is 5.97 Å². The summed E-state index contributed by atoms with van der Waals surface area (Å²) in [6.45, 7) is 5.52. The van der Waals surface area contributed by atoms with E-state index in [2.05, 4.69) is 10.3 Å². The summed E-state index contributed by atoms with van der Waals surface area (Å²) in [7, 11) is 1.36. The number of hydrogen-bond acceptors (Lipinski definition) is 5. The van der Waals surface area contributed by atoms with Crippen LogP contribution in [-0.2, 0) is 9.47 Å². The van der Waals surface area contributed by atoms with Crippen molar-refractivity contribution in [3.05, 3.63) is 11.4 Å². The van der Waals surface area contributed by atoms with Gasteiger partial charge in [-0.2, -0.15) is 0 Å².